The Balaban J connectivity index is 1.81. The largest absolute Gasteiger partial charge is 0.497 e. The number of furan rings is 1. The van der Waals surface area contributed by atoms with E-state index in [1.807, 2.05) is 0 Å². The third-order valence-electron chi connectivity index (χ3n) is 4.55. The first-order chi connectivity index (χ1) is 14.6. The number of methoxy groups -OCH3 is 1. The van der Waals surface area contributed by atoms with Gasteiger partial charge in [0.1, 0.15) is 16.8 Å². The molecule has 6 nitrogen and oxygen atoms in total. The topological polar surface area (TPSA) is 85.6 Å². The van der Waals surface area contributed by atoms with Crippen molar-refractivity contribution >= 4 is 15.7 Å². The lowest BCUT2D eigenvalue weighted by molar-refractivity contribution is -0.137. The van der Waals surface area contributed by atoms with Crippen LogP contribution in [0.5, 0.6) is 5.75 Å². The fraction of sp³-hybridized carbons (Fsp3) is 0.190. The van der Waals surface area contributed by atoms with Crippen molar-refractivity contribution in [3.8, 4) is 5.75 Å². The van der Waals surface area contributed by atoms with Gasteiger partial charge in [-0.3, -0.25) is 4.79 Å². The molecule has 31 heavy (non-hydrogen) atoms. The Morgan fingerprint density at radius 3 is 2.23 bits per heavy atom. The summed E-state index contributed by atoms with van der Waals surface area (Å²) >= 11 is 0. The van der Waals surface area contributed by atoms with Crippen molar-refractivity contribution in [2.24, 2.45) is 0 Å². The van der Waals surface area contributed by atoms with Crippen LogP contribution in [0.1, 0.15) is 26.9 Å². The number of hydrogen-bond acceptors (Lipinski definition) is 5. The fourth-order valence-corrected chi connectivity index (χ4v) is 4.45. The molecular weight excluding hydrogens is 435 g/mol. The number of carbonyl (C=O) groups is 1. The maximum Gasteiger partial charge on any atom is 0.416 e. The molecule has 0 saturated carbocycles. The molecule has 1 N–H and O–H groups in total. The van der Waals surface area contributed by atoms with Crippen LogP contribution in [0.25, 0.3) is 0 Å². The van der Waals surface area contributed by atoms with E-state index >= 15 is 0 Å². The van der Waals surface area contributed by atoms with Crippen LogP contribution in [0, 0.1) is 0 Å². The molecule has 0 aliphatic carbocycles. The van der Waals surface area contributed by atoms with Crippen molar-refractivity contribution in [2.45, 2.75) is 16.3 Å². The maximum absolute atomic E-state index is 13.2. The number of benzene rings is 2. The first-order valence-corrected chi connectivity index (χ1v) is 10.5. The monoisotopic (exact) mass is 453 g/mol. The molecule has 2 aromatic carbocycles. The van der Waals surface area contributed by atoms with Gasteiger partial charge in [0.25, 0.3) is 5.91 Å². The van der Waals surface area contributed by atoms with Gasteiger partial charge in [0.15, 0.2) is 9.84 Å². The molecule has 0 unspecified atom stereocenters. The van der Waals surface area contributed by atoms with Crippen LogP contribution in [0.4, 0.5) is 13.2 Å². The number of hydrogen-bond donors (Lipinski definition) is 1. The van der Waals surface area contributed by atoms with E-state index in [-0.39, 0.29) is 22.8 Å². The molecule has 3 aromatic rings. The summed E-state index contributed by atoms with van der Waals surface area (Å²) in [7, 11) is -2.52. The zero-order chi connectivity index (χ0) is 22.6. The normalized spacial score (nSPS) is 12.9. The number of carbonyl (C=O) groups excluding carboxylic acids is 1. The van der Waals surface area contributed by atoms with Crippen LogP contribution >= 0.6 is 0 Å². The van der Waals surface area contributed by atoms with Crippen molar-refractivity contribution in [1.82, 2.24) is 5.32 Å². The molecular formula is C21H18F3NO5S. The van der Waals surface area contributed by atoms with Gasteiger partial charge in [0, 0.05) is 12.1 Å². The van der Waals surface area contributed by atoms with E-state index in [0.29, 0.717) is 5.75 Å². The minimum Gasteiger partial charge on any atom is -0.497 e. The van der Waals surface area contributed by atoms with E-state index in [9.17, 15) is 26.4 Å². The standard InChI is InChI=1S/C21H18F3NO5S/c1-29-16-8-10-17(11-9-16)31(27,28)19(18-3-2-12-30-18)13-25-20(26)14-4-6-15(7-5-14)21(22,23)24/h2-12,19H,13H2,1H3,(H,25,26)/t19-/m1/s1. The van der Waals surface area contributed by atoms with Gasteiger partial charge < -0.3 is 14.5 Å². The van der Waals surface area contributed by atoms with Crippen molar-refractivity contribution in [1.29, 1.82) is 0 Å². The van der Waals surface area contributed by atoms with Crippen LogP contribution in [0.3, 0.4) is 0 Å². The molecule has 164 valence electrons. The highest BCUT2D eigenvalue weighted by Gasteiger charge is 2.33. The van der Waals surface area contributed by atoms with Crippen LogP contribution in [-0.4, -0.2) is 28.0 Å². The first-order valence-electron chi connectivity index (χ1n) is 8.99. The molecule has 0 aliphatic heterocycles. The Bertz CT molecular complexity index is 1120. The van der Waals surface area contributed by atoms with Gasteiger partial charge in [-0.15, -0.1) is 0 Å². The van der Waals surface area contributed by atoms with Gasteiger partial charge in [-0.2, -0.15) is 13.2 Å². The summed E-state index contributed by atoms with van der Waals surface area (Å²) in [5.74, 6) is -0.122. The van der Waals surface area contributed by atoms with E-state index in [1.54, 1.807) is 0 Å². The SMILES string of the molecule is COc1ccc(S(=O)(=O)[C@H](CNC(=O)c2ccc(C(F)(F)F)cc2)c2ccco2)cc1. The Hall–Kier alpha value is -3.27. The highest BCUT2D eigenvalue weighted by atomic mass is 32.2. The van der Waals surface area contributed by atoms with Crippen LogP contribution < -0.4 is 10.1 Å². The minimum absolute atomic E-state index is 0.00141. The van der Waals surface area contributed by atoms with Gasteiger partial charge in [0.2, 0.25) is 0 Å². The second kappa shape index (κ2) is 8.84. The molecule has 0 spiro atoms. The number of ether oxygens (including phenoxy) is 1. The zero-order valence-corrected chi connectivity index (χ0v) is 17.0. The molecule has 1 amide bonds. The van der Waals surface area contributed by atoms with Crippen molar-refractivity contribution in [3.63, 3.8) is 0 Å². The lowest BCUT2D eigenvalue weighted by atomic mass is 10.1. The maximum atomic E-state index is 13.2. The summed E-state index contributed by atoms with van der Waals surface area (Å²) in [4.78, 5) is 12.4. The minimum atomic E-state index is -4.52. The van der Waals surface area contributed by atoms with Crippen molar-refractivity contribution in [3.05, 3.63) is 83.8 Å². The Morgan fingerprint density at radius 1 is 1.06 bits per heavy atom. The van der Waals surface area contributed by atoms with Gasteiger partial charge in [-0.1, -0.05) is 0 Å². The average molecular weight is 453 g/mol. The van der Waals surface area contributed by atoms with Crippen LogP contribution in [0.2, 0.25) is 0 Å². The number of nitrogens with one attached hydrogen (secondary N) is 1. The lowest BCUT2D eigenvalue weighted by Crippen LogP contribution is -2.31. The Morgan fingerprint density at radius 2 is 1.71 bits per heavy atom. The molecule has 1 aromatic heterocycles. The highest BCUT2D eigenvalue weighted by molar-refractivity contribution is 7.91. The van der Waals surface area contributed by atoms with Gasteiger partial charge in [0.05, 0.1) is 23.8 Å². The predicted octanol–water partition coefficient (Wildman–Crippen LogP) is 4.25. The lowest BCUT2D eigenvalue weighted by Gasteiger charge is -2.17. The smallest absolute Gasteiger partial charge is 0.416 e. The number of halogens is 3. The summed E-state index contributed by atoms with van der Waals surface area (Å²) < 4.78 is 74.7. The number of alkyl halides is 3. The van der Waals surface area contributed by atoms with Gasteiger partial charge in [-0.05, 0) is 60.7 Å². The summed E-state index contributed by atoms with van der Waals surface area (Å²) in [6.07, 6.45) is -3.21. The van der Waals surface area contributed by atoms with Crippen molar-refractivity contribution < 1.29 is 35.5 Å². The molecule has 0 fully saturated rings. The summed E-state index contributed by atoms with van der Waals surface area (Å²) in [6, 6.07) is 12.3. The zero-order valence-electron chi connectivity index (χ0n) is 16.2. The molecule has 1 atom stereocenters. The van der Waals surface area contributed by atoms with E-state index in [0.717, 1.165) is 24.3 Å². The third kappa shape index (κ3) is 5.08. The molecule has 1 heterocycles. The van der Waals surface area contributed by atoms with E-state index in [1.165, 1.54) is 49.8 Å². The van der Waals surface area contributed by atoms with E-state index in [4.69, 9.17) is 9.15 Å². The van der Waals surface area contributed by atoms with E-state index in [2.05, 4.69) is 5.32 Å². The molecule has 0 radical (unpaired) electrons. The molecule has 0 aliphatic rings. The molecule has 10 heteroatoms. The summed E-state index contributed by atoms with van der Waals surface area (Å²) in [5.41, 5.74) is -0.923. The van der Waals surface area contributed by atoms with Crippen LogP contribution in [-0.2, 0) is 16.0 Å². The second-order valence-corrected chi connectivity index (χ2v) is 8.64. The van der Waals surface area contributed by atoms with E-state index < -0.39 is 32.7 Å². The number of amides is 1. The molecule has 0 saturated heterocycles. The highest BCUT2D eigenvalue weighted by Crippen LogP contribution is 2.31. The van der Waals surface area contributed by atoms with Gasteiger partial charge >= 0.3 is 6.18 Å². The number of rotatable bonds is 7. The first kappa shape index (κ1) is 22.4. The Kier molecular flexibility index (Phi) is 6.40. The van der Waals surface area contributed by atoms with Crippen LogP contribution in [0.15, 0.2) is 76.2 Å². The van der Waals surface area contributed by atoms with Gasteiger partial charge in [-0.25, -0.2) is 8.42 Å². The summed E-state index contributed by atoms with van der Waals surface area (Å²) in [5, 5.41) is 1.22. The third-order valence-corrected chi connectivity index (χ3v) is 6.62. The average Bonchev–Trinajstić information content (AvgIpc) is 3.27. The molecule has 0 bridgehead atoms. The van der Waals surface area contributed by atoms with Crippen molar-refractivity contribution in [2.75, 3.05) is 13.7 Å². The molecule has 3 rings (SSSR count). The fourth-order valence-electron chi connectivity index (χ4n) is 2.87. The second-order valence-electron chi connectivity index (χ2n) is 6.51. The number of sulfone groups is 1. The summed E-state index contributed by atoms with van der Waals surface area (Å²) in [6.45, 7) is -0.346. The quantitative estimate of drug-likeness (QED) is 0.578. The predicted molar refractivity (Wildman–Crippen MR) is 105 cm³/mol. The Labute approximate surface area is 176 Å².